The topological polar surface area (TPSA) is 12.0 Å². The zero-order valence-corrected chi connectivity index (χ0v) is 11.6. The second-order valence-electron chi connectivity index (χ2n) is 4.90. The van der Waals surface area contributed by atoms with Crippen LogP contribution in [0.1, 0.15) is 44.6 Å². The lowest BCUT2D eigenvalue weighted by atomic mass is 9.92. The van der Waals surface area contributed by atoms with Crippen LogP contribution in [-0.2, 0) is 6.42 Å². The molecule has 0 amide bonds. The molecule has 0 radical (unpaired) electrons. The van der Waals surface area contributed by atoms with Gasteiger partial charge in [-0.15, -0.1) is 0 Å². The second kappa shape index (κ2) is 6.97. The van der Waals surface area contributed by atoms with E-state index in [1.807, 2.05) is 0 Å². The Labute approximate surface area is 109 Å². The summed E-state index contributed by atoms with van der Waals surface area (Å²) in [5.41, 5.74) is 3.16. The summed E-state index contributed by atoms with van der Waals surface area (Å²) in [4.78, 5) is 0. The average Bonchev–Trinajstić information content (AvgIpc) is 2.83. The van der Waals surface area contributed by atoms with Crippen LogP contribution < -0.4 is 5.32 Å². The summed E-state index contributed by atoms with van der Waals surface area (Å²) in [5, 5.41) is 8.09. The molecule has 0 spiro atoms. The third kappa shape index (κ3) is 4.29. The standard InChI is InChI=1S/C15H23NS/c1-2-16-15(11-14-8-9-17-12-14)10-13-6-4-3-5-7-13/h6,8-9,12,15-16H,2-5,7,10-11H2,1H3. The van der Waals surface area contributed by atoms with Gasteiger partial charge < -0.3 is 5.32 Å². The van der Waals surface area contributed by atoms with Gasteiger partial charge in [-0.2, -0.15) is 11.3 Å². The van der Waals surface area contributed by atoms with Crippen LogP contribution >= 0.6 is 11.3 Å². The van der Waals surface area contributed by atoms with Crippen molar-refractivity contribution in [1.29, 1.82) is 0 Å². The Morgan fingerprint density at radius 2 is 2.29 bits per heavy atom. The van der Waals surface area contributed by atoms with Crippen LogP contribution in [0.2, 0.25) is 0 Å². The molecule has 1 aliphatic rings. The van der Waals surface area contributed by atoms with Gasteiger partial charge >= 0.3 is 0 Å². The monoisotopic (exact) mass is 249 g/mol. The number of hydrogen-bond donors (Lipinski definition) is 1. The van der Waals surface area contributed by atoms with Gasteiger partial charge in [-0.1, -0.05) is 18.6 Å². The van der Waals surface area contributed by atoms with E-state index in [1.165, 1.54) is 44.1 Å². The van der Waals surface area contributed by atoms with Crippen molar-refractivity contribution in [3.8, 4) is 0 Å². The maximum Gasteiger partial charge on any atom is 0.0145 e. The van der Waals surface area contributed by atoms with Crippen LogP contribution in [0.5, 0.6) is 0 Å². The lowest BCUT2D eigenvalue weighted by Gasteiger charge is -2.21. The molecule has 0 fully saturated rings. The van der Waals surface area contributed by atoms with E-state index in [1.54, 1.807) is 16.9 Å². The first-order chi connectivity index (χ1) is 8.38. The highest BCUT2D eigenvalue weighted by atomic mass is 32.1. The third-order valence-corrected chi connectivity index (χ3v) is 4.18. The van der Waals surface area contributed by atoms with Crippen LogP contribution in [0, 0.1) is 0 Å². The number of nitrogens with one attached hydrogen (secondary N) is 1. The zero-order valence-electron chi connectivity index (χ0n) is 10.7. The van der Waals surface area contributed by atoms with Crippen LogP contribution in [-0.4, -0.2) is 12.6 Å². The van der Waals surface area contributed by atoms with Gasteiger partial charge in [0, 0.05) is 6.04 Å². The minimum absolute atomic E-state index is 0.624. The fraction of sp³-hybridized carbons (Fsp3) is 0.600. The van der Waals surface area contributed by atoms with E-state index in [2.05, 4.69) is 35.1 Å². The predicted octanol–water partition coefficient (Wildman–Crippen LogP) is 4.16. The van der Waals surface area contributed by atoms with Crippen molar-refractivity contribution in [3.05, 3.63) is 34.0 Å². The Kier molecular flexibility index (Phi) is 5.27. The van der Waals surface area contributed by atoms with Crippen LogP contribution in [0.25, 0.3) is 0 Å². The second-order valence-corrected chi connectivity index (χ2v) is 5.68. The molecule has 1 N–H and O–H groups in total. The molecule has 1 aromatic rings. The molecule has 2 heteroatoms. The van der Waals surface area contributed by atoms with E-state index in [9.17, 15) is 0 Å². The summed E-state index contributed by atoms with van der Waals surface area (Å²) in [6.07, 6.45) is 10.3. The summed E-state index contributed by atoms with van der Waals surface area (Å²) in [7, 11) is 0. The predicted molar refractivity (Wildman–Crippen MR) is 76.7 cm³/mol. The van der Waals surface area contributed by atoms with Crippen LogP contribution in [0.15, 0.2) is 28.5 Å². The first-order valence-corrected chi connectivity index (χ1v) is 7.75. The van der Waals surface area contributed by atoms with Crippen molar-refractivity contribution in [1.82, 2.24) is 5.32 Å². The highest BCUT2D eigenvalue weighted by Crippen LogP contribution is 2.22. The largest absolute Gasteiger partial charge is 0.314 e. The molecule has 1 aliphatic carbocycles. The Morgan fingerprint density at radius 3 is 2.94 bits per heavy atom. The quantitative estimate of drug-likeness (QED) is 0.747. The molecule has 0 saturated carbocycles. The molecule has 0 saturated heterocycles. The van der Waals surface area contributed by atoms with E-state index >= 15 is 0 Å². The summed E-state index contributed by atoms with van der Waals surface area (Å²) in [6, 6.07) is 2.88. The Hall–Kier alpha value is -0.600. The zero-order chi connectivity index (χ0) is 11.9. The lowest BCUT2D eigenvalue weighted by Crippen LogP contribution is -2.31. The molecular weight excluding hydrogens is 226 g/mol. The molecule has 0 bridgehead atoms. The molecule has 1 heterocycles. The molecule has 1 nitrogen and oxygen atoms in total. The molecule has 1 unspecified atom stereocenters. The smallest absolute Gasteiger partial charge is 0.0145 e. The van der Waals surface area contributed by atoms with Gasteiger partial charge in [0.05, 0.1) is 0 Å². The Morgan fingerprint density at radius 1 is 1.35 bits per heavy atom. The third-order valence-electron chi connectivity index (χ3n) is 3.45. The highest BCUT2D eigenvalue weighted by Gasteiger charge is 2.12. The van der Waals surface area contributed by atoms with Gasteiger partial charge in [-0.3, -0.25) is 0 Å². The van der Waals surface area contributed by atoms with Gasteiger partial charge in [0.2, 0.25) is 0 Å². The highest BCUT2D eigenvalue weighted by molar-refractivity contribution is 7.07. The summed E-state index contributed by atoms with van der Waals surface area (Å²) in [6.45, 7) is 3.28. The van der Waals surface area contributed by atoms with Crippen LogP contribution in [0.4, 0.5) is 0 Å². The van der Waals surface area contributed by atoms with Gasteiger partial charge in [0.15, 0.2) is 0 Å². The minimum Gasteiger partial charge on any atom is -0.314 e. The first kappa shape index (κ1) is 12.8. The SMILES string of the molecule is CCNC(CC1=CCCCC1)Cc1ccsc1. The first-order valence-electron chi connectivity index (χ1n) is 6.81. The van der Waals surface area contributed by atoms with E-state index in [0.717, 1.165) is 6.54 Å². The summed E-state index contributed by atoms with van der Waals surface area (Å²) < 4.78 is 0. The lowest BCUT2D eigenvalue weighted by molar-refractivity contribution is 0.504. The molecule has 1 atom stereocenters. The van der Waals surface area contributed by atoms with E-state index < -0.39 is 0 Å². The number of allylic oxidation sites excluding steroid dienone is 1. The summed E-state index contributed by atoms with van der Waals surface area (Å²) >= 11 is 1.80. The summed E-state index contributed by atoms with van der Waals surface area (Å²) in [5.74, 6) is 0. The number of thiophene rings is 1. The molecule has 0 aromatic carbocycles. The van der Waals surface area contributed by atoms with Gasteiger partial charge in [0.1, 0.15) is 0 Å². The Bertz CT molecular complexity index is 340. The number of likely N-dealkylation sites (N-methyl/N-ethyl adjacent to an activating group) is 1. The van der Waals surface area contributed by atoms with Crippen molar-refractivity contribution in [2.24, 2.45) is 0 Å². The van der Waals surface area contributed by atoms with Crippen LogP contribution in [0.3, 0.4) is 0 Å². The molecule has 94 valence electrons. The molecule has 0 aliphatic heterocycles. The van der Waals surface area contributed by atoms with E-state index in [4.69, 9.17) is 0 Å². The normalized spacial score (nSPS) is 17.8. The fourth-order valence-corrected chi connectivity index (χ4v) is 3.29. The average molecular weight is 249 g/mol. The van der Waals surface area contributed by atoms with Crippen molar-refractivity contribution in [2.45, 2.75) is 51.5 Å². The van der Waals surface area contributed by atoms with Gasteiger partial charge in [-0.05, 0) is 67.5 Å². The minimum atomic E-state index is 0.624. The van der Waals surface area contributed by atoms with Crippen molar-refractivity contribution < 1.29 is 0 Å². The number of rotatable bonds is 6. The maximum absolute atomic E-state index is 3.63. The van der Waals surface area contributed by atoms with Crippen molar-refractivity contribution >= 4 is 11.3 Å². The van der Waals surface area contributed by atoms with E-state index in [-0.39, 0.29) is 0 Å². The van der Waals surface area contributed by atoms with Crippen molar-refractivity contribution in [3.63, 3.8) is 0 Å². The molecular formula is C15H23NS. The number of hydrogen-bond acceptors (Lipinski definition) is 2. The fourth-order valence-electron chi connectivity index (χ4n) is 2.61. The molecule has 1 aromatic heterocycles. The Balaban J connectivity index is 1.89. The van der Waals surface area contributed by atoms with Gasteiger partial charge in [-0.25, -0.2) is 0 Å². The van der Waals surface area contributed by atoms with Gasteiger partial charge in [0.25, 0.3) is 0 Å². The van der Waals surface area contributed by atoms with E-state index in [0.29, 0.717) is 6.04 Å². The molecule has 2 rings (SSSR count). The van der Waals surface area contributed by atoms with Crippen molar-refractivity contribution in [2.75, 3.05) is 6.54 Å². The molecule has 17 heavy (non-hydrogen) atoms. The maximum atomic E-state index is 3.63.